The summed E-state index contributed by atoms with van der Waals surface area (Å²) in [6.07, 6.45) is 0. The van der Waals surface area contributed by atoms with E-state index in [4.69, 9.17) is 22.4 Å². The number of carboxylic acid groups (broad SMARTS) is 1. The first kappa shape index (κ1) is 10.5. The van der Waals surface area contributed by atoms with Crippen molar-refractivity contribution in [1.82, 2.24) is 0 Å². The minimum Gasteiger partial charge on any atom is -0.480 e. The predicted octanol–water partition coefficient (Wildman–Crippen LogP) is 2.19. The first-order chi connectivity index (χ1) is 6.04. The van der Waals surface area contributed by atoms with Gasteiger partial charge in [0.2, 0.25) is 0 Å². The van der Waals surface area contributed by atoms with Crippen molar-refractivity contribution in [2.24, 2.45) is 5.73 Å². The fraction of sp³-hybridized carbons (Fsp3) is 0.125. The van der Waals surface area contributed by atoms with Crippen LogP contribution in [-0.4, -0.2) is 11.1 Å². The number of hydrogen-bond acceptors (Lipinski definition) is 2. The Balaban J connectivity index is 3.15. The number of carboxylic acids is 1. The number of hydrogen-bond donors (Lipinski definition) is 2. The number of benzene rings is 1. The molecule has 1 aromatic rings. The third-order valence-electron chi connectivity index (χ3n) is 1.58. The van der Waals surface area contributed by atoms with Gasteiger partial charge in [0.25, 0.3) is 0 Å². The smallest absolute Gasteiger partial charge is 0.325 e. The zero-order chi connectivity index (χ0) is 10.0. The highest BCUT2D eigenvalue weighted by Gasteiger charge is 2.17. The van der Waals surface area contributed by atoms with Gasteiger partial charge in [0, 0.05) is 4.47 Å². The monoisotopic (exact) mass is 263 g/mol. The molecule has 0 bridgehead atoms. The second-order valence-electron chi connectivity index (χ2n) is 2.46. The molecule has 0 aliphatic carbocycles. The van der Waals surface area contributed by atoms with E-state index in [0.717, 1.165) is 0 Å². The van der Waals surface area contributed by atoms with Crippen LogP contribution in [0.4, 0.5) is 0 Å². The maximum absolute atomic E-state index is 10.6. The van der Waals surface area contributed by atoms with Crippen LogP contribution in [0.25, 0.3) is 0 Å². The van der Waals surface area contributed by atoms with E-state index in [9.17, 15) is 4.79 Å². The predicted molar refractivity (Wildman–Crippen MR) is 53.7 cm³/mol. The molecule has 0 fully saturated rings. The normalized spacial score (nSPS) is 12.5. The Morgan fingerprint density at radius 1 is 1.62 bits per heavy atom. The lowest BCUT2D eigenvalue weighted by Crippen LogP contribution is -2.21. The molecule has 70 valence electrons. The van der Waals surface area contributed by atoms with Crippen LogP contribution in [0.1, 0.15) is 11.6 Å². The van der Waals surface area contributed by atoms with Gasteiger partial charge in [-0.2, -0.15) is 0 Å². The fourth-order valence-corrected chi connectivity index (χ4v) is 1.59. The topological polar surface area (TPSA) is 63.3 Å². The first-order valence-electron chi connectivity index (χ1n) is 3.46. The van der Waals surface area contributed by atoms with Gasteiger partial charge in [-0.15, -0.1) is 0 Å². The number of halogens is 2. The molecule has 0 radical (unpaired) electrons. The fourth-order valence-electron chi connectivity index (χ4n) is 0.894. The first-order valence-corrected chi connectivity index (χ1v) is 4.63. The molecule has 0 spiro atoms. The molecule has 0 aliphatic heterocycles. The third kappa shape index (κ3) is 2.21. The summed E-state index contributed by atoms with van der Waals surface area (Å²) in [7, 11) is 0. The van der Waals surface area contributed by atoms with Crippen molar-refractivity contribution in [2.45, 2.75) is 6.04 Å². The van der Waals surface area contributed by atoms with Crippen molar-refractivity contribution >= 4 is 33.5 Å². The molecule has 0 saturated heterocycles. The van der Waals surface area contributed by atoms with Crippen LogP contribution in [0.15, 0.2) is 22.7 Å². The van der Waals surface area contributed by atoms with Crippen LogP contribution in [0.2, 0.25) is 5.02 Å². The van der Waals surface area contributed by atoms with E-state index >= 15 is 0 Å². The summed E-state index contributed by atoms with van der Waals surface area (Å²) < 4.78 is 0.534. The van der Waals surface area contributed by atoms with E-state index in [1.54, 1.807) is 18.2 Å². The van der Waals surface area contributed by atoms with Crippen LogP contribution >= 0.6 is 27.5 Å². The Morgan fingerprint density at radius 2 is 2.23 bits per heavy atom. The van der Waals surface area contributed by atoms with Crippen molar-refractivity contribution in [3.05, 3.63) is 33.3 Å². The van der Waals surface area contributed by atoms with Gasteiger partial charge in [-0.25, -0.2) is 0 Å². The molecule has 3 nitrogen and oxygen atoms in total. The molecule has 0 amide bonds. The zero-order valence-electron chi connectivity index (χ0n) is 6.50. The summed E-state index contributed by atoms with van der Waals surface area (Å²) in [6.45, 7) is 0. The molecule has 0 saturated carbocycles. The molecule has 1 atom stereocenters. The molecule has 1 aromatic carbocycles. The second kappa shape index (κ2) is 4.09. The average molecular weight is 265 g/mol. The Bertz CT molecular complexity index is 343. The summed E-state index contributed by atoms with van der Waals surface area (Å²) in [4.78, 5) is 10.6. The van der Waals surface area contributed by atoms with Crippen molar-refractivity contribution in [2.75, 3.05) is 0 Å². The van der Waals surface area contributed by atoms with Crippen molar-refractivity contribution < 1.29 is 9.90 Å². The molecule has 1 rings (SSSR count). The van der Waals surface area contributed by atoms with Crippen LogP contribution in [0.5, 0.6) is 0 Å². The molecule has 0 heterocycles. The Morgan fingerprint density at radius 3 is 2.77 bits per heavy atom. The zero-order valence-corrected chi connectivity index (χ0v) is 8.84. The lowest BCUT2D eigenvalue weighted by atomic mass is 10.1. The maximum atomic E-state index is 10.6. The summed E-state index contributed by atoms with van der Waals surface area (Å²) in [5.74, 6) is -1.08. The second-order valence-corrected chi connectivity index (χ2v) is 3.66. The lowest BCUT2D eigenvalue weighted by molar-refractivity contribution is -0.138. The van der Waals surface area contributed by atoms with Crippen LogP contribution in [0.3, 0.4) is 0 Å². The van der Waals surface area contributed by atoms with Gasteiger partial charge in [-0.1, -0.05) is 23.7 Å². The molecule has 0 unspecified atom stereocenters. The van der Waals surface area contributed by atoms with E-state index in [-0.39, 0.29) is 0 Å². The summed E-state index contributed by atoms with van der Waals surface area (Å²) >= 11 is 8.94. The largest absolute Gasteiger partial charge is 0.480 e. The van der Waals surface area contributed by atoms with Crippen LogP contribution in [0, 0.1) is 0 Å². The summed E-state index contributed by atoms with van der Waals surface area (Å²) in [6, 6.07) is 3.89. The molecule has 0 aliphatic rings. The third-order valence-corrected chi connectivity index (χ3v) is 3.01. The maximum Gasteiger partial charge on any atom is 0.325 e. The highest BCUT2D eigenvalue weighted by molar-refractivity contribution is 9.10. The molecule has 13 heavy (non-hydrogen) atoms. The summed E-state index contributed by atoms with van der Waals surface area (Å²) in [5.41, 5.74) is 5.89. The molecule has 5 heteroatoms. The van der Waals surface area contributed by atoms with E-state index < -0.39 is 12.0 Å². The highest BCUT2D eigenvalue weighted by atomic mass is 79.9. The van der Waals surface area contributed by atoms with Crippen molar-refractivity contribution in [3.63, 3.8) is 0 Å². The minimum atomic E-state index is -1.08. The Labute approximate surface area is 88.6 Å². The highest BCUT2D eigenvalue weighted by Crippen LogP contribution is 2.29. The molecular formula is C8H7BrClNO2. The molecule has 3 N–H and O–H groups in total. The van der Waals surface area contributed by atoms with Crippen molar-refractivity contribution in [1.29, 1.82) is 0 Å². The quantitative estimate of drug-likeness (QED) is 0.860. The van der Waals surface area contributed by atoms with Gasteiger partial charge in [0.1, 0.15) is 6.04 Å². The molecular weight excluding hydrogens is 257 g/mol. The number of aliphatic carboxylic acids is 1. The van der Waals surface area contributed by atoms with Gasteiger partial charge >= 0.3 is 5.97 Å². The van der Waals surface area contributed by atoms with Gasteiger partial charge in [-0.3, -0.25) is 4.79 Å². The number of carbonyl (C=O) groups is 1. The van der Waals surface area contributed by atoms with Gasteiger partial charge in [0.15, 0.2) is 0 Å². The molecule has 0 aromatic heterocycles. The van der Waals surface area contributed by atoms with Crippen molar-refractivity contribution in [3.8, 4) is 0 Å². The van der Waals surface area contributed by atoms with E-state index in [1.165, 1.54) is 0 Å². The van der Waals surface area contributed by atoms with Gasteiger partial charge < -0.3 is 10.8 Å². The standard InChI is InChI=1S/C8H7BrClNO2/c9-6-4(7(11)8(12)13)2-1-3-5(6)10/h1-3,7H,11H2,(H,12,13)/t7-/m0/s1. The van der Waals surface area contributed by atoms with E-state index in [2.05, 4.69) is 15.9 Å². The Hall–Kier alpha value is -0.580. The van der Waals surface area contributed by atoms with Crippen LogP contribution in [-0.2, 0) is 4.79 Å². The SMILES string of the molecule is N[C@H](C(=O)O)c1cccc(Cl)c1Br. The minimum absolute atomic E-state index is 0.453. The summed E-state index contributed by atoms with van der Waals surface area (Å²) in [5, 5.41) is 9.11. The number of rotatable bonds is 2. The van der Waals surface area contributed by atoms with Gasteiger partial charge in [0.05, 0.1) is 5.02 Å². The van der Waals surface area contributed by atoms with E-state index in [0.29, 0.717) is 15.1 Å². The number of nitrogens with two attached hydrogens (primary N) is 1. The van der Waals surface area contributed by atoms with Gasteiger partial charge in [-0.05, 0) is 27.6 Å². The average Bonchev–Trinajstić information content (AvgIpc) is 2.08. The van der Waals surface area contributed by atoms with Crippen LogP contribution < -0.4 is 5.73 Å². The van der Waals surface area contributed by atoms with E-state index in [1.807, 2.05) is 0 Å². The lowest BCUT2D eigenvalue weighted by Gasteiger charge is -2.09. The Kier molecular flexibility index (Phi) is 3.30.